The van der Waals surface area contributed by atoms with Crippen LogP contribution in [0.4, 0.5) is 5.82 Å². The molecule has 8 nitrogen and oxygen atoms in total. The summed E-state index contributed by atoms with van der Waals surface area (Å²) in [6.45, 7) is 4.27. The van der Waals surface area contributed by atoms with Gasteiger partial charge in [-0.05, 0) is 13.8 Å². The third-order valence-electron chi connectivity index (χ3n) is 2.80. The lowest BCUT2D eigenvalue weighted by Gasteiger charge is -2.04. The number of nitrogens with one attached hydrogen (secondary N) is 3. The molecule has 0 spiro atoms. The first-order valence-corrected chi connectivity index (χ1v) is 5.41. The Bertz CT molecular complexity index is 680. The van der Waals surface area contributed by atoms with Crippen molar-refractivity contribution in [3.05, 3.63) is 37.8 Å². The van der Waals surface area contributed by atoms with Gasteiger partial charge >= 0.3 is 5.69 Å². The van der Waals surface area contributed by atoms with Gasteiger partial charge in [0.2, 0.25) is 5.82 Å². The van der Waals surface area contributed by atoms with Crippen LogP contribution in [0.1, 0.15) is 17.0 Å². The Balaban J connectivity index is 2.21. The quantitative estimate of drug-likeness (QED) is 0.675. The number of aromatic amines is 2. The van der Waals surface area contributed by atoms with Crippen LogP contribution in [0.25, 0.3) is 0 Å². The number of nitrogens with zero attached hydrogens (tertiary/aromatic N) is 3. The minimum Gasteiger partial charge on any atom is -0.360 e. The highest BCUT2D eigenvalue weighted by molar-refractivity contribution is 5.34. The van der Waals surface area contributed by atoms with E-state index in [-0.39, 0.29) is 5.82 Å². The molecule has 2 heterocycles. The number of hydrogen-bond donors (Lipinski definition) is 3. The number of hydrogen-bond acceptors (Lipinski definition) is 5. The third-order valence-corrected chi connectivity index (χ3v) is 2.80. The normalized spacial score (nSPS) is 10.6. The van der Waals surface area contributed by atoms with Crippen LogP contribution in [-0.4, -0.2) is 25.0 Å². The van der Waals surface area contributed by atoms with E-state index < -0.39 is 11.2 Å². The first-order chi connectivity index (χ1) is 8.49. The summed E-state index contributed by atoms with van der Waals surface area (Å²) in [4.78, 5) is 24.3. The lowest BCUT2D eigenvalue weighted by molar-refractivity contribution is 0.730. The van der Waals surface area contributed by atoms with Crippen LogP contribution in [0.15, 0.2) is 9.59 Å². The maximum Gasteiger partial charge on any atom is 0.342 e. The van der Waals surface area contributed by atoms with Crippen LogP contribution < -0.4 is 16.6 Å². The lowest BCUT2D eigenvalue weighted by Crippen LogP contribution is -2.26. The molecule has 0 aliphatic rings. The fourth-order valence-corrected chi connectivity index (χ4v) is 1.71. The standard InChI is InChI=1S/C10H14N6O2/c1-5-7(6(2)16(3)15-5)4-11-8-9(17)12-10(18)14-13-8/h4H2,1-3H3,(H,11,13)(H2,12,14,17,18). The SMILES string of the molecule is Cc1nn(C)c(C)c1CNc1n[nH]c(=O)[nH]c1=O. The maximum atomic E-state index is 11.4. The number of rotatable bonds is 3. The second kappa shape index (κ2) is 4.47. The Morgan fingerprint density at radius 3 is 2.61 bits per heavy atom. The maximum absolute atomic E-state index is 11.4. The largest absolute Gasteiger partial charge is 0.360 e. The van der Waals surface area contributed by atoms with Gasteiger partial charge in [0, 0.05) is 24.8 Å². The predicted molar refractivity (Wildman–Crippen MR) is 65.5 cm³/mol. The summed E-state index contributed by atoms with van der Waals surface area (Å²) in [5.41, 5.74) is 1.74. The Morgan fingerprint density at radius 1 is 1.33 bits per heavy atom. The summed E-state index contributed by atoms with van der Waals surface area (Å²) in [6, 6.07) is 0. The van der Waals surface area contributed by atoms with E-state index in [4.69, 9.17) is 0 Å². The molecule has 0 aliphatic heterocycles. The number of anilines is 1. The molecule has 0 aromatic carbocycles. The Kier molecular flexibility index (Phi) is 3.00. The summed E-state index contributed by atoms with van der Waals surface area (Å²) < 4.78 is 1.77. The second-order valence-electron chi connectivity index (χ2n) is 3.98. The average molecular weight is 250 g/mol. The summed E-state index contributed by atoms with van der Waals surface area (Å²) >= 11 is 0. The van der Waals surface area contributed by atoms with E-state index in [0.29, 0.717) is 6.54 Å². The molecule has 18 heavy (non-hydrogen) atoms. The highest BCUT2D eigenvalue weighted by atomic mass is 16.2. The third kappa shape index (κ3) is 2.17. The van der Waals surface area contributed by atoms with Crippen LogP contribution >= 0.6 is 0 Å². The Labute approximate surface area is 102 Å². The molecule has 2 rings (SSSR count). The van der Waals surface area contributed by atoms with Crippen molar-refractivity contribution in [1.29, 1.82) is 0 Å². The smallest absolute Gasteiger partial charge is 0.342 e. The molecule has 2 aromatic heterocycles. The highest BCUT2D eigenvalue weighted by Crippen LogP contribution is 2.12. The minimum absolute atomic E-state index is 0.0808. The first kappa shape index (κ1) is 12.1. The van der Waals surface area contributed by atoms with Crippen molar-refractivity contribution in [2.75, 3.05) is 5.32 Å². The summed E-state index contributed by atoms with van der Waals surface area (Å²) in [5, 5.41) is 13.0. The van der Waals surface area contributed by atoms with Gasteiger partial charge in [-0.1, -0.05) is 0 Å². The van der Waals surface area contributed by atoms with Crippen molar-refractivity contribution in [2.24, 2.45) is 7.05 Å². The number of H-pyrrole nitrogens is 2. The molecular formula is C10H14N6O2. The van der Waals surface area contributed by atoms with Crippen LogP contribution in [0, 0.1) is 13.8 Å². The number of aromatic nitrogens is 5. The van der Waals surface area contributed by atoms with Gasteiger partial charge in [-0.2, -0.15) is 5.10 Å². The molecule has 0 amide bonds. The zero-order chi connectivity index (χ0) is 13.3. The van der Waals surface area contributed by atoms with E-state index in [1.54, 1.807) is 4.68 Å². The molecule has 2 aromatic rings. The van der Waals surface area contributed by atoms with Gasteiger partial charge in [-0.25, -0.2) is 9.89 Å². The number of aryl methyl sites for hydroxylation is 2. The van der Waals surface area contributed by atoms with E-state index in [0.717, 1.165) is 17.0 Å². The molecular weight excluding hydrogens is 236 g/mol. The van der Waals surface area contributed by atoms with Crippen LogP contribution in [-0.2, 0) is 13.6 Å². The monoisotopic (exact) mass is 250 g/mol. The zero-order valence-corrected chi connectivity index (χ0v) is 10.4. The average Bonchev–Trinajstić information content (AvgIpc) is 2.53. The molecule has 3 N–H and O–H groups in total. The molecule has 0 atom stereocenters. The van der Waals surface area contributed by atoms with Gasteiger partial charge in [0.15, 0.2) is 0 Å². The van der Waals surface area contributed by atoms with Crippen LogP contribution in [0.5, 0.6) is 0 Å². The molecule has 0 fully saturated rings. The summed E-state index contributed by atoms with van der Waals surface area (Å²) in [6.07, 6.45) is 0. The minimum atomic E-state index is -0.626. The van der Waals surface area contributed by atoms with Gasteiger partial charge in [-0.3, -0.25) is 14.5 Å². The van der Waals surface area contributed by atoms with Crippen molar-refractivity contribution in [3.8, 4) is 0 Å². The van der Waals surface area contributed by atoms with Crippen molar-refractivity contribution in [1.82, 2.24) is 25.0 Å². The Morgan fingerprint density at radius 2 is 2.06 bits per heavy atom. The molecule has 0 saturated heterocycles. The second-order valence-corrected chi connectivity index (χ2v) is 3.98. The van der Waals surface area contributed by atoms with Gasteiger partial charge < -0.3 is 5.32 Å². The van der Waals surface area contributed by atoms with Crippen LogP contribution in [0.3, 0.4) is 0 Å². The van der Waals surface area contributed by atoms with Gasteiger partial charge in [0.25, 0.3) is 5.56 Å². The van der Waals surface area contributed by atoms with E-state index in [2.05, 4.69) is 25.6 Å². The fraction of sp³-hybridized carbons (Fsp3) is 0.400. The van der Waals surface area contributed by atoms with Crippen molar-refractivity contribution >= 4 is 5.82 Å². The first-order valence-electron chi connectivity index (χ1n) is 5.41. The summed E-state index contributed by atoms with van der Waals surface area (Å²) in [5.74, 6) is 0.0808. The zero-order valence-electron chi connectivity index (χ0n) is 10.4. The molecule has 0 saturated carbocycles. The van der Waals surface area contributed by atoms with E-state index in [9.17, 15) is 9.59 Å². The molecule has 0 unspecified atom stereocenters. The lowest BCUT2D eigenvalue weighted by atomic mass is 10.2. The van der Waals surface area contributed by atoms with Crippen molar-refractivity contribution in [2.45, 2.75) is 20.4 Å². The van der Waals surface area contributed by atoms with Gasteiger partial charge in [0.05, 0.1) is 5.69 Å². The van der Waals surface area contributed by atoms with E-state index in [1.165, 1.54) is 0 Å². The predicted octanol–water partition coefficient (Wildman–Crippen LogP) is -0.579. The molecule has 0 aliphatic carbocycles. The van der Waals surface area contributed by atoms with E-state index >= 15 is 0 Å². The molecule has 8 heteroatoms. The van der Waals surface area contributed by atoms with Crippen LogP contribution in [0.2, 0.25) is 0 Å². The van der Waals surface area contributed by atoms with E-state index in [1.807, 2.05) is 20.9 Å². The molecule has 0 radical (unpaired) electrons. The molecule has 96 valence electrons. The van der Waals surface area contributed by atoms with Crippen molar-refractivity contribution < 1.29 is 0 Å². The highest BCUT2D eigenvalue weighted by Gasteiger charge is 2.10. The molecule has 0 bridgehead atoms. The Hall–Kier alpha value is -2.38. The summed E-state index contributed by atoms with van der Waals surface area (Å²) in [7, 11) is 1.86. The van der Waals surface area contributed by atoms with Gasteiger partial charge in [-0.15, -0.1) is 5.10 Å². The topological polar surface area (TPSA) is 108 Å². The van der Waals surface area contributed by atoms with Gasteiger partial charge in [0.1, 0.15) is 0 Å². The fourth-order valence-electron chi connectivity index (χ4n) is 1.71. The van der Waals surface area contributed by atoms with Crippen molar-refractivity contribution in [3.63, 3.8) is 0 Å².